The zero-order valence-corrected chi connectivity index (χ0v) is 14.1. The van der Waals surface area contributed by atoms with Gasteiger partial charge in [-0.1, -0.05) is 13.3 Å². The van der Waals surface area contributed by atoms with Gasteiger partial charge in [0.15, 0.2) is 5.82 Å². The second kappa shape index (κ2) is 5.76. The molecule has 24 heavy (non-hydrogen) atoms. The van der Waals surface area contributed by atoms with E-state index < -0.39 is 0 Å². The number of fused-ring (bicyclic) bond motifs is 3. The van der Waals surface area contributed by atoms with Crippen LogP contribution in [0.3, 0.4) is 0 Å². The smallest absolute Gasteiger partial charge is 0.162 e. The molecule has 0 aromatic carbocycles. The molecule has 0 unspecified atom stereocenters. The van der Waals surface area contributed by atoms with Crippen molar-refractivity contribution in [3.8, 4) is 5.69 Å². The van der Waals surface area contributed by atoms with E-state index in [0.29, 0.717) is 6.67 Å². The van der Waals surface area contributed by atoms with Gasteiger partial charge < -0.3 is 9.47 Å². The number of rotatable bonds is 4. The molecule has 2 aliphatic heterocycles. The molecule has 0 radical (unpaired) electrons. The lowest BCUT2D eigenvalue weighted by atomic mass is 10.1. The Morgan fingerprint density at radius 1 is 1.33 bits per heavy atom. The second-order valence-electron chi connectivity index (χ2n) is 5.92. The van der Waals surface area contributed by atoms with Crippen LogP contribution in [-0.4, -0.2) is 39.1 Å². The molecular formula is C17H20N6O. The molecule has 0 N–H and O–H groups in total. The SMILES string of the molecule is CCCC1=Nc2c(ncc(C)c2-n2ccnc2)N2CN(OC)C=C12. The van der Waals surface area contributed by atoms with E-state index in [1.165, 1.54) is 0 Å². The highest BCUT2D eigenvalue weighted by molar-refractivity contribution is 6.09. The molecule has 0 bridgehead atoms. The summed E-state index contributed by atoms with van der Waals surface area (Å²) < 4.78 is 2.00. The van der Waals surface area contributed by atoms with Crippen LogP contribution in [0.25, 0.3) is 5.69 Å². The second-order valence-corrected chi connectivity index (χ2v) is 5.92. The van der Waals surface area contributed by atoms with Crippen molar-refractivity contribution in [2.45, 2.75) is 26.7 Å². The summed E-state index contributed by atoms with van der Waals surface area (Å²) in [5, 5.41) is 1.80. The largest absolute Gasteiger partial charge is 0.304 e. The van der Waals surface area contributed by atoms with Crippen molar-refractivity contribution in [2.24, 2.45) is 4.99 Å². The number of allylic oxidation sites excluding steroid dienone is 1. The van der Waals surface area contributed by atoms with Gasteiger partial charge in [0.2, 0.25) is 0 Å². The fourth-order valence-electron chi connectivity index (χ4n) is 3.19. The van der Waals surface area contributed by atoms with Crippen LogP contribution >= 0.6 is 0 Å². The molecule has 2 aliphatic rings. The third-order valence-corrected chi connectivity index (χ3v) is 4.31. The van der Waals surface area contributed by atoms with E-state index in [4.69, 9.17) is 9.83 Å². The third kappa shape index (κ3) is 2.20. The minimum atomic E-state index is 0.612. The number of aryl methyl sites for hydroxylation is 1. The zero-order valence-electron chi connectivity index (χ0n) is 14.1. The summed E-state index contributed by atoms with van der Waals surface area (Å²) in [6, 6.07) is 0. The first-order valence-corrected chi connectivity index (χ1v) is 8.09. The third-order valence-electron chi connectivity index (χ3n) is 4.31. The van der Waals surface area contributed by atoms with E-state index >= 15 is 0 Å². The average Bonchev–Trinajstić information content (AvgIpc) is 3.24. The minimum Gasteiger partial charge on any atom is -0.304 e. The number of hydrogen-bond donors (Lipinski definition) is 0. The molecule has 2 aromatic rings. The Kier molecular flexibility index (Phi) is 3.57. The van der Waals surface area contributed by atoms with E-state index in [-0.39, 0.29) is 0 Å². The van der Waals surface area contributed by atoms with Gasteiger partial charge in [0.05, 0.1) is 36.7 Å². The van der Waals surface area contributed by atoms with E-state index in [9.17, 15) is 0 Å². The molecule has 0 aliphatic carbocycles. The minimum absolute atomic E-state index is 0.612. The lowest BCUT2D eigenvalue weighted by Gasteiger charge is -2.29. The number of hydrogen-bond acceptors (Lipinski definition) is 6. The summed E-state index contributed by atoms with van der Waals surface area (Å²) in [5.41, 5.74) is 5.13. The Morgan fingerprint density at radius 3 is 2.92 bits per heavy atom. The molecular weight excluding hydrogens is 304 g/mol. The Morgan fingerprint density at radius 2 is 2.21 bits per heavy atom. The highest BCUT2D eigenvalue weighted by Crippen LogP contribution is 2.42. The van der Waals surface area contributed by atoms with Crippen molar-refractivity contribution in [3.05, 3.63) is 42.4 Å². The molecule has 0 saturated heterocycles. The standard InChI is InChI=1S/C17H20N6O/c1-4-5-13-14-9-22(24-3)11-23(14)17-15(20-13)16(12(2)8-19-17)21-7-6-18-10-21/h6-10H,4-5,11H2,1-3H3. The quantitative estimate of drug-likeness (QED) is 0.865. The van der Waals surface area contributed by atoms with Gasteiger partial charge in [-0.2, -0.15) is 0 Å². The zero-order chi connectivity index (χ0) is 16.7. The van der Waals surface area contributed by atoms with Crippen LogP contribution < -0.4 is 4.90 Å². The summed E-state index contributed by atoms with van der Waals surface area (Å²) in [5.74, 6) is 0.856. The normalized spacial score (nSPS) is 16.0. The number of hydroxylamine groups is 2. The molecule has 7 heteroatoms. The molecule has 124 valence electrons. The number of aliphatic imine (C=N–C) groups is 1. The van der Waals surface area contributed by atoms with Gasteiger partial charge in [-0.15, -0.1) is 0 Å². The summed E-state index contributed by atoms with van der Waals surface area (Å²) in [7, 11) is 1.67. The van der Waals surface area contributed by atoms with Crippen LogP contribution in [0.4, 0.5) is 11.5 Å². The monoisotopic (exact) mass is 324 g/mol. The Bertz CT molecular complexity index is 824. The Hall–Kier alpha value is -2.67. The van der Waals surface area contributed by atoms with E-state index in [2.05, 4.69) is 28.7 Å². The highest BCUT2D eigenvalue weighted by Gasteiger charge is 2.33. The van der Waals surface area contributed by atoms with Crippen LogP contribution in [0.2, 0.25) is 0 Å². The maximum absolute atomic E-state index is 5.39. The molecule has 0 spiro atoms. The van der Waals surface area contributed by atoms with Gasteiger partial charge in [0, 0.05) is 18.6 Å². The van der Waals surface area contributed by atoms with Gasteiger partial charge in [-0.05, 0) is 18.9 Å². The lowest BCUT2D eigenvalue weighted by molar-refractivity contribution is -0.0790. The van der Waals surface area contributed by atoms with Gasteiger partial charge in [-0.25, -0.2) is 20.0 Å². The van der Waals surface area contributed by atoms with Gasteiger partial charge in [-0.3, -0.25) is 4.84 Å². The lowest BCUT2D eigenvalue weighted by Crippen LogP contribution is -2.31. The van der Waals surface area contributed by atoms with Gasteiger partial charge in [0.1, 0.15) is 12.4 Å². The summed E-state index contributed by atoms with van der Waals surface area (Å²) in [6.07, 6.45) is 11.3. The summed E-state index contributed by atoms with van der Waals surface area (Å²) in [6.45, 7) is 4.83. The van der Waals surface area contributed by atoms with Crippen molar-refractivity contribution < 1.29 is 4.84 Å². The first kappa shape index (κ1) is 14.9. The van der Waals surface area contributed by atoms with Crippen molar-refractivity contribution in [2.75, 3.05) is 18.7 Å². The van der Waals surface area contributed by atoms with Crippen LogP contribution in [-0.2, 0) is 4.84 Å². The van der Waals surface area contributed by atoms with Crippen molar-refractivity contribution >= 4 is 17.2 Å². The van der Waals surface area contributed by atoms with Crippen molar-refractivity contribution in [1.29, 1.82) is 0 Å². The van der Waals surface area contributed by atoms with Gasteiger partial charge >= 0.3 is 0 Å². The maximum Gasteiger partial charge on any atom is 0.162 e. The summed E-state index contributed by atoms with van der Waals surface area (Å²) >= 11 is 0. The fraction of sp³-hybridized carbons (Fsp3) is 0.353. The topological polar surface area (TPSA) is 58.8 Å². The molecule has 0 saturated carbocycles. The van der Waals surface area contributed by atoms with Crippen molar-refractivity contribution in [3.63, 3.8) is 0 Å². The maximum atomic E-state index is 5.39. The average molecular weight is 324 g/mol. The highest BCUT2D eigenvalue weighted by atomic mass is 16.7. The first-order chi connectivity index (χ1) is 11.7. The van der Waals surface area contributed by atoms with Crippen LogP contribution in [0, 0.1) is 6.92 Å². The fourth-order valence-corrected chi connectivity index (χ4v) is 3.19. The Balaban J connectivity index is 1.92. The Labute approximate surface area is 140 Å². The molecule has 2 aromatic heterocycles. The van der Waals surface area contributed by atoms with Crippen LogP contribution in [0.1, 0.15) is 25.3 Å². The first-order valence-electron chi connectivity index (χ1n) is 8.09. The van der Waals surface area contributed by atoms with E-state index in [1.54, 1.807) is 24.7 Å². The number of pyridine rings is 1. The van der Waals surface area contributed by atoms with Crippen molar-refractivity contribution in [1.82, 2.24) is 19.6 Å². The predicted molar refractivity (Wildman–Crippen MR) is 92.4 cm³/mol. The van der Waals surface area contributed by atoms with Crippen LogP contribution in [0.15, 0.2) is 41.8 Å². The number of aromatic nitrogens is 3. The molecule has 7 nitrogen and oxygen atoms in total. The number of nitrogens with zero attached hydrogens (tertiary/aromatic N) is 6. The van der Waals surface area contributed by atoms with E-state index in [1.807, 2.05) is 23.2 Å². The molecule has 4 rings (SSSR count). The number of anilines is 1. The molecule has 0 amide bonds. The predicted octanol–water partition coefficient (Wildman–Crippen LogP) is 2.94. The summed E-state index contributed by atoms with van der Waals surface area (Å²) in [4.78, 5) is 21.4. The number of imidazole rings is 1. The molecule has 0 fully saturated rings. The van der Waals surface area contributed by atoms with E-state index in [0.717, 1.165) is 47.0 Å². The van der Waals surface area contributed by atoms with Crippen LogP contribution in [0.5, 0.6) is 0 Å². The van der Waals surface area contributed by atoms with Gasteiger partial charge in [0.25, 0.3) is 0 Å². The molecule has 4 heterocycles. The molecule has 0 atom stereocenters.